The first-order valence-electron chi connectivity index (χ1n) is 6.29. The zero-order chi connectivity index (χ0) is 13.8. The van der Waals surface area contributed by atoms with Crippen molar-refractivity contribution in [2.24, 2.45) is 0 Å². The van der Waals surface area contributed by atoms with Crippen LogP contribution in [0.2, 0.25) is 0 Å². The van der Waals surface area contributed by atoms with Crippen LogP contribution in [0.3, 0.4) is 0 Å². The summed E-state index contributed by atoms with van der Waals surface area (Å²) in [5.74, 6) is 0.330. The van der Waals surface area contributed by atoms with Gasteiger partial charge >= 0.3 is 5.97 Å². The van der Waals surface area contributed by atoms with E-state index in [2.05, 4.69) is 0 Å². The third-order valence-electron chi connectivity index (χ3n) is 3.04. The van der Waals surface area contributed by atoms with Crippen LogP contribution in [-0.2, 0) is 14.3 Å². The molecule has 0 radical (unpaired) electrons. The van der Waals surface area contributed by atoms with Crippen LogP contribution in [0, 0.1) is 0 Å². The third kappa shape index (κ3) is 2.87. The second-order valence-corrected chi connectivity index (χ2v) is 4.73. The van der Waals surface area contributed by atoms with Crippen molar-refractivity contribution in [3.8, 4) is 0 Å². The first kappa shape index (κ1) is 13.4. The SMILES string of the molecule is COC1=C(CC=C(C)C)C(=O)O[C@@H]1c1ccccc1. The number of carbonyl (C=O) groups is 1. The van der Waals surface area contributed by atoms with E-state index in [0.29, 0.717) is 17.8 Å². The lowest BCUT2D eigenvalue weighted by molar-refractivity contribution is -0.140. The zero-order valence-electron chi connectivity index (χ0n) is 11.5. The Morgan fingerprint density at radius 2 is 2.00 bits per heavy atom. The summed E-state index contributed by atoms with van der Waals surface area (Å²) >= 11 is 0. The summed E-state index contributed by atoms with van der Waals surface area (Å²) in [7, 11) is 1.58. The number of ether oxygens (including phenoxy) is 2. The van der Waals surface area contributed by atoms with Crippen molar-refractivity contribution >= 4 is 5.97 Å². The van der Waals surface area contributed by atoms with E-state index < -0.39 is 6.10 Å². The van der Waals surface area contributed by atoms with Crippen LogP contribution in [0.15, 0.2) is 53.3 Å². The van der Waals surface area contributed by atoms with E-state index in [-0.39, 0.29) is 5.97 Å². The lowest BCUT2D eigenvalue weighted by Gasteiger charge is -2.13. The standard InChI is InChI=1S/C16H18O3/c1-11(2)9-10-13-15(18-3)14(19-16(13)17)12-7-5-4-6-8-12/h4-9,14H,10H2,1-3H3/t14-/m1/s1. The van der Waals surface area contributed by atoms with Crippen LogP contribution in [-0.4, -0.2) is 13.1 Å². The van der Waals surface area contributed by atoms with Crippen LogP contribution < -0.4 is 0 Å². The van der Waals surface area contributed by atoms with Gasteiger partial charge in [0.05, 0.1) is 12.7 Å². The number of rotatable bonds is 4. The summed E-state index contributed by atoms with van der Waals surface area (Å²) in [5, 5.41) is 0. The van der Waals surface area contributed by atoms with Crippen LogP contribution >= 0.6 is 0 Å². The Morgan fingerprint density at radius 3 is 2.58 bits per heavy atom. The van der Waals surface area contributed by atoms with Crippen molar-refractivity contribution < 1.29 is 14.3 Å². The predicted molar refractivity (Wildman–Crippen MR) is 73.4 cm³/mol. The molecule has 3 nitrogen and oxygen atoms in total. The van der Waals surface area contributed by atoms with E-state index >= 15 is 0 Å². The van der Waals surface area contributed by atoms with E-state index in [9.17, 15) is 4.79 Å². The molecule has 0 unspecified atom stereocenters. The molecule has 2 rings (SSSR count). The normalized spacial score (nSPS) is 18.3. The van der Waals surface area contributed by atoms with Crippen LogP contribution in [0.5, 0.6) is 0 Å². The Bertz CT molecular complexity index is 522. The quantitative estimate of drug-likeness (QED) is 0.612. The monoisotopic (exact) mass is 258 g/mol. The first-order chi connectivity index (χ1) is 9.13. The van der Waals surface area contributed by atoms with Gasteiger partial charge < -0.3 is 9.47 Å². The van der Waals surface area contributed by atoms with E-state index in [1.165, 1.54) is 5.57 Å². The molecule has 1 aromatic rings. The molecule has 1 aliphatic heterocycles. The molecular formula is C16H18O3. The van der Waals surface area contributed by atoms with Crippen molar-refractivity contribution in [1.82, 2.24) is 0 Å². The van der Waals surface area contributed by atoms with Gasteiger partial charge in [-0.25, -0.2) is 4.79 Å². The van der Waals surface area contributed by atoms with Gasteiger partial charge in [-0.1, -0.05) is 42.0 Å². The van der Waals surface area contributed by atoms with E-state index in [0.717, 1.165) is 5.56 Å². The first-order valence-corrected chi connectivity index (χ1v) is 6.29. The molecule has 19 heavy (non-hydrogen) atoms. The highest BCUT2D eigenvalue weighted by Crippen LogP contribution is 2.36. The summed E-state index contributed by atoms with van der Waals surface area (Å²) in [6.07, 6.45) is 2.13. The van der Waals surface area contributed by atoms with Gasteiger partial charge in [0.25, 0.3) is 0 Å². The predicted octanol–water partition coefficient (Wildman–Crippen LogP) is 3.54. The molecule has 1 aromatic carbocycles. The van der Waals surface area contributed by atoms with Crippen molar-refractivity contribution in [3.63, 3.8) is 0 Å². The molecule has 0 aliphatic carbocycles. The maximum Gasteiger partial charge on any atom is 0.338 e. The van der Waals surface area contributed by atoms with Gasteiger partial charge in [0.1, 0.15) is 0 Å². The molecule has 0 N–H and O–H groups in total. The average Bonchev–Trinajstić information content (AvgIpc) is 2.73. The molecular weight excluding hydrogens is 240 g/mol. The number of allylic oxidation sites excluding steroid dienone is 2. The van der Waals surface area contributed by atoms with Gasteiger partial charge in [-0.2, -0.15) is 0 Å². The number of carbonyl (C=O) groups excluding carboxylic acids is 1. The van der Waals surface area contributed by atoms with Gasteiger partial charge in [0.2, 0.25) is 0 Å². The highest BCUT2D eigenvalue weighted by atomic mass is 16.6. The summed E-state index contributed by atoms with van der Waals surface area (Å²) in [4.78, 5) is 12.0. The van der Waals surface area contributed by atoms with Crippen molar-refractivity contribution in [2.75, 3.05) is 7.11 Å². The number of methoxy groups -OCH3 is 1. The van der Waals surface area contributed by atoms with Crippen molar-refractivity contribution in [3.05, 3.63) is 58.9 Å². The minimum Gasteiger partial charge on any atom is -0.496 e. The molecule has 100 valence electrons. The Kier molecular flexibility index (Phi) is 4.05. The lowest BCUT2D eigenvalue weighted by atomic mass is 10.0. The molecule has 3 heteroatoms. The number of hydrogen-bond acceptors (Lipinski definition) is 3. The minimum atomic E-state index is -0.417. The van der Waals surface area contributed by atoms with Gasteiger partial charge in [-0.05, 0) is 13.8 Å². The number of esters is 1. The Labute approximate surface area is 113 Å². The summed E-state index contributed by atoms with van der Waals surface area (Å²) in [6, 6.07) is 9.64. The molecule has 0 amide bonds. The molecule has 1 atom stereocenters. The molecule has 0 bridgehead atoms. The van der Waals surface area contributed by atoms with Crippen LogP contribution in [0.4, 0.5) is 0 Å². The second kappa shape index (κ2) is 5.74. The maximum absolute atomic E-state index is 12.0. The van der Waals surface area contributed by atoms with Gasteiger partial charge in [-0.15, -0.1) is 0 Å². The Morgan fingerprint density at radius 1 is 1.32 bits per heavy atom. The number of hydrogen-bond donors (Lipinski definition) is 0. The largest absolute Gasteiger partial charge is 0.496 e. The van der Waals surface area contributed by atoms with E-state index in [4.69, 9.17) is 9.47 Å². The Hall–Kier alpha value is -2.03. The van der Waals surface area contributed by atoms with Gasteiger partial charge in [0.15, 0.2) is 11.9 Å². The Balaban J connectivity index is 2.33. The molecule has 0 saturated heterocycles. The minimum absolute atomic E-state index is 0.289. The molecule has 0 fully saturated rings. The van der Waals surface area contributed by atoms with Crippen molar-refractivity contribution in [1.29, 1.82) is 0 Å². The highest BCUT2D eigenvalue weighted by Gasteiger charge is 2.35. The number of cyclic esters (lactones) is 1. The van der Waals surface area contributed by atoms with E-state index in [1.54, 1.807) is 7.11 Å². The van der Waals surface area contributed by atoms with E-state index in [1.807, 2.05) is 50.3 Å². The molecule has 0 spiro atoms. The summed E-state index contributed by atoms with van der Waals surface area (Å²) in [5.41, 5.74) is 2.70. The number of benzene rings is 1. The van der Waals surface area contributed by atoms with Crippen LogP contribution in [0.25, 0.3) is 0 Å². The summed E-state index contributed by atoms with van der Waals surface area (Å²) in [6.45, 7) is 4.00. The molecule has 1 heterocycles. The molecule has 0 aromatic heterocycles. The smallest absolute Gasteiger partial charge is 0.338 e. The second-order valence-electron chi connectivity index (χ2n) is 4.73. The average molecular weight is 258 g/mol. The summed E-state index contributed by atoms with van der Waals surface area (Å²) < 4.78 is 10.8. The molecule has 0 saturated carbocycles. The van der Waals surface area contributed by atoms with Crippen LogP contribution in [0.1, 0.15) is 31.9 Å². The lowest BCUT2D eigenvalue weighted by Crippen LogP contribution is -2.03. The van der Waals surface area contributed by atoms with Gasteiger partial charge in [0, 0.05) is 12.0 Å². The highest BCUT2D eigenvalue weighted by molar-refractivity contribution is 5.92. The van der Waals surface area contributed by atoms with Crippen molar-refractivity contribution in [2.45, 2.75) is 26.4 Å². The maximum atomic E-state index is 12.0. The fourth-order valence-corrected chi connectivity index (χ4v) is 2.06. The third-order valence-corrected chi connectivity index (χ3v) is 3.04. The fraction of sp³-hybridized carbons (Fsp3) is 0.312. The molecule has 1 aliphatic rings. The fourth-order valence-electron chi connectivity index (χ4n) is 2.06. The van der Waals surface area contributed by atoms with Gasteiger partial charge in [-0.3, -0.25) is 0 Å². The zero-order valence-corrected chi connectivity index (χ0v) is 11.5. The topological polar surface area (TPSA) is 35.5 Å².